The van der Waals surface area contributed by atoms with E-state index in [1.165, 1.54) is 36.0 Å². The van der Waals surface area contributed by atoms with Gasteiger partial charge in [0.05, 0.1) is 11.3 Å². The Labute approximate surface area is 179 Å². The molecule has 2 N–H and O–H groups in total. The molecule has 0 fully saturated rings. The van der Waals surface area contributed by atoms with Gasteiger partial charge in [-0.3, -0.25) is 9.59 Å². The van der Waals surface area contributed by atoms with Gasteiger partial charge in [-0.1, -0.05) is 25.5 Å². The maximum atomic E-state index is 12.9. The van der Waals surface area contributed by atoms with Crippen LogP contribution in [0.25, 0.3) is 0 Å². The molecule has 30 heavy (non-hydrogen) atoms. The van der Waals surface area contributed by atoms with E-state index < -0.39 is 5.97 Å². The van der Waals surface area contributed by atoms with Crippen LogP contribution in [0, 0.1) is 5.82 Å². The zero-order valence-electron chi connectivity index (χ0n) is 16.9. The Morgan fingerprint density at radius 3 is 2.47 bits per heavy atom. The number of carbonyl (C=O) groups is 3. The summed E-state index contributed by atoms with van der Waals surface area (Å²) in [6, 6.07) is 12.2. The Bertz CT molecular complexity index is 874. The molecular weight excluding hydrogens is 407 g/mol. The molecule has 1 unspecified atom stereocenters. The van der Waals surface area contributed by atoms with E-state index in [1.807, 2.05) is 13.8 Å². The summed E-state index contributed by atoms with van der Waals surface area (Å²) < 4.78 is 18.1. The van der Waals surface area contributed by atoms with Gasteiger partial charge >= 0.3 is 5.97 Å². The summed E-state index contributed by atoms with van der Waals surface area (Å²) in [6.07, 6.45) is 1.79. The lowest BCUT2D eigenvalue weighted by Crippen LogP contribution is -2.35. The molecule has 0 radical (unpaired) electrons. The number of thioether (sulfide) groups is 1. The van der Waals surface area contributed by atoms with Gasteiger partial charge in [0.15, 0.2) is 6.61 Å². The first-order valence-electron chi connectivity index (χ1n) is 9.62. The van der Waals surface area contributed by atoms with Crippen LogP contribution in [0.1, 0.15) is 37.0 Å². The average molecular weight is 433 g/mol. The highest BCUT2D eigenvalue weighted by molar-refractivity contribution is 8.00. The van der Waals surface area contributed by atoms with Crippen molar-refractivity contribution in [3.63, 3.8) is 0 Å². The number of nitrogens with one attached hydrogen (secondary N) is 2. The summed E-state index contributed by atoms with van der Waals surface area (Å²) in [4.78, 5) is 37.0. The van der Waals surface area contributed by atoms with Crippen molar-refractivity contribution in [1.29, 1.82) is 0 Å². The minimum atomic E-state index is -0.629. The first-order chi connectivity index (χ1) is 14.4. The predicted octanol–water partition coefficient (Wildman–Crippen LogP) is 4.02. The van der Waals surface area contributed by atoms with E-state index in [9.17, 15) is 18.8 Å². The molecule has 0 bridgehead atoms. The van der Waals surface area contributed by atoms with Gasteiger partial charge in [0.2, 0.25) is 5.91 Å². The Morgan fingerprint density at radius 2 is 1.77 bits per heavy atom. The summed E-state index contributed by atoms with van der Waals surface area (Å²) in [5, 5.41) is 5.43. The summed E-state index contributed by atoms with van der Waals surface area (Å²) in [5.41, 5.74) is 0.768. The number of anilines is 1. The second kappa shape index (κ2) is 12.0. The topological polar surface area (TPSA) is 84.5 Å². The Balaban J connectivity index is 1.88. The predicted molar refractivity (Wildman–Crippen MR) is 115 cm³/mol. The minimum Gasteiger partial charge on any atom is -0.452 e. The smallest absolute Gasteiger partial charge is 0.339 e. The number of rotatable bonds is 10. The van der Waals surface area contributed by atoms with Crippen molar-refractivity contribution in [2.75, 3.05) is 17.7 Å². The molecule has 160 valence electrons. The Hall–Kier alpha value is -2.87. The van der Waals surface area contributed by atoms with E-state index in [-0.39, 0.29) is 41.6 Å². The first-order valence-corrected chi connectivity index (χ1v) is 10.6. The molecule has 0 aromatic heterocycles. The molecule has 8 heteroatoms. The van der Waals surface area contributed by atoms with Gasteiger partial charge in [-0.2, -0.15) is 0 Å². The second-order valence-electron chi connectivity index (χ2n) is 6.67. The third-order valence-corrected chi connectivity index (χ3v) is 5.13. The van der Waals surface area contributed by atoms with Crippen LogP contribution in [-0.2, 0) is 14.3 Å². The number of amides is 2. The summed E-state index contributed by atoms with van der Waals surface area (Å²) in [6.45, 7) is 3.56. The van der Waals surface area contributed by atoms with Crippen molar-refractivity contribution in [3.05, 3.63) is 59.9 Å². The lowest BCUT2D eigenvalue weighted by molar-refractivity contribution is -0.124. The monoisotopic (exact) mass is 432 g/mol. The normalized spacial score (nSPS) is 11.4. The van der Waals surface area contributed by atoms with Crippen molar-refractivity contribution in [3.8, 4) is 0 Å². The van der Waals surface area contributed by atoms with Crippen molar-refractivity contribution in [2.45, 2.75) is 37.6 Å². The number of benzene rings is 2. The molecule has 1 atom stereocenters. The molecule has 0 saturated heterocycles. The van der Waals surface area contributed by atoms with E-state index >= 15 is 0 Å². The maximum absolute atomic E-state index is 12.9. The molecule has 2 aromatic carbocycles. The summed E-state index contributed by atoms with van der Waals surface area (Å²) >= 11 is 1.17. The number of carbonyl (C=O) groups excluding carboxylic acids is 3. The average Bonchev–Trinajstić information content (AvgIpc) is 2.72. The molecule has 2 amide bonds. The van der Waals surface area contributed by atoms with Gasteiger partial charge in [-0.15, -0.1) is 11.8 Å². The SMILES string of the molecule is CCCC(C)NC(=O)COC(=O)c1ccccc1SCC(=O)Nc1ccc(F)cc1. The first kappa shape index (κ1) is 23.4. The minimum absolute atomic E-state index is 0.0173. The largest absolute Gasteiger partial charge is 0.452 e. The van der Waals surface area contributed by atoms with Crippen LogP contribution >= 0.6 is 11.8 Å². The zero-order valence-corrected chi connectivity index (χ0v) is 17.8. The lowest BCUT2D eigenvalue weighted by atomic mass is 10.2. The molecular formula is C22H25FN2O4S. The fourth-order valence-corrected chi connectivity index (χ4v) is 3.51. The van der Waals surface area contributed by atoms with E-state index in [0.29, 0.717) is 10.6 Å². The Morgan fingerprint density at radius 1 is 1.07 bits per heavy atom. The van der Waals surface area contributed by atoms with Gasteiger partial charge in [0.1, 0.15) is 5.82 Å². The van der Waals surface area contributed by atoms with E-state index in [2.05, 4.69) is 10.6 Å². The number of halogens is 1. The molecule has 2 aromatic rings. The highest BCUT2D eigenvalue weighted by Crippen LogP contribution is 2.23. The molecule has 0 saturated carbocycles. The maximum Gasteiger partial charge on any atom is 0.339 e. The zero-order chi connectivity index (χ0) is 21.9. The quantitative estimate of drug-likeness (QED) is 0.438. The van der Waals surface area contributed by atoms with Crippen LogP contribution in [0.5, 0.6) is 0 Å². The van der Waals surface area contributed by atoms with Gasteiger partial charge in [0, 0.05) is 16.6 Å². The Kier molecular flexibility index (Phi) is 9.34. The number of hydrogen-bond acceptors (Lipinski definition) is 5. The molecule has 0 heterocycles. The number of ether oxygens (including phenoxy) is 1. The van der Waals surface area contributed by atoms with Crippen molar-refractivity contribution in [2.24, 2.45) is 0 Å². The molecule has 0 aliphatic rings. The van der Waals surface area contributed by atoms with Crippen LogP contribution in [0.3, 0.4) is 0 Å². The van der Waals surface area contributed by atoms with Gasteiger partial charge < -0.3 is 15.4 Å². The molecule has 2 rings (SSSR count). The van der Waals surface area contributed by atoms with Gasteiger partial charge in [0.25, 0.3) is 5.91 Å². The third kappa shape index (κ3) is 7.87. The highest BCUT2D eigenvalue weighted by atomic mass is 32.2. The fraction of sp³-hybridized carbons (Fsp3) is 0.318. The third-order valence-electron chi connectivity index (χ3n) is 4.06. The van der Waals surface area contributed by atoms with Crippen molar-refractivity contribution < 1.29 is 23.5 Å². The highest BCUT2D eigenvalue weighted by Gasteiger charge is 2.16. The van der Waals surface area contributed by atoms with Gasteiger partial charge in [-0.25, -0.2) is 9.18 Å². The van der Waals surface area contributed by atoms with Crippen LogP contribution in [0.2, 0.25) is 0 Å². The van der Waals surface area contributed by atoms with Crippen LogP contribution in [0.4, 0.5) is 10.1 Å². The standard InChI is InChI=1S/C22H25FN2O4S/c1-3-6-15(2)24-20(26)13-29-22(28)18-7-4-5-8-19(18)30-14-21(27)25-17-11-9-16(23)10-12-17/h4-5,7-12,15H,3,6,13-14H2,1-2H3,(H,24,26)(H,25,27). The van der Waals surface area contributed by atoms with E-state index in [0.717, 1.165) is 12.8 Å². The van der Waals surface area contributed by atoms with Gasteiger partial charge in [-0.05, 0) is 49.7 Å². The lowest BCUT2D eigenvalue weighted by Gasteiger charge is -2.13. The van der Waals surface area contributed by atoms with Crippen molar-refractivity contribution >= 4 is 35.2 Å². The molecule has 0 aliphatic carbocycles. The van der Waals surface area contributed by atoms with E-state index in [4.69, 9.17) is 4.74 Å². The van der Waals surface area contributed by atoms with Crippen LogP contribution in [0.15, 0.2) is 53.4 Å². The molecule has 0 spiro atoms. The second-order valence-corrected chi connectivity index (χ2v) is 7.69. The van der Waals surface area contributed by atoms with Crippen molar-refractivity contribution in [1.82, 2.24) is 5.32 Å². The fourth-order valence-electron chi connectivity index (χ4n) is 2.67. The van der Waals surface area contributed by atoms with Crippen LogP contribution < -0.4 is 10.6 Å². The molecule has 0 aliphatic heterocycles. The number of hydrogen-bond donors (Lipinski definition) is 2. The van der Waals surface area contributed by atoms with E-state index in [1.54, 1.807) is 24.3 Å². The summed E-state index contributed by atoms with van der Waals surface area (Å²) in [7, 11) is 0. The summed E-state index contributed by atoms with van der Waals surface area (Å²) in [5.74, 6) is -1.61. The molecule has 6 nitrogen and oxygen atoms in total. The number of esters is 1. The van der Waals surface area contributed by atoms with Crippen LogP contribution in [-0.4, -0.2) is 36.2 Å².